The first kappa shape index (κ1) is 11.0. The molecule has 0 fully saturated rings. The fourth-order valence-electron chi connectivity index (χ4n) is 1.50. The van der Waals surface area contributed by atoms with Crippen molar-refractivity contribution < 1.29 is 4.92 Å². The summed E-state index contributed by atoms with van der Waals surface area (Å²) in [5.74, 6) is 0. The van der Waals surface area contributed by atoms with E-state index in [1.54, 1.807) is 13.0 Å². The number of hydrogen-bond acceptors (Lipinski definition) is 5. The van der Waals surface area contributed by atoms with Crippen molar-refractivity contribution >= 4 is 5.69 Å². The molecule has 0 saturated heterocycles. The first-order chi connectivity index (χ1) is 8.02. The molecular formula is C9H9N5O3. The fraction of sp³-hybridized carbons (Fsp3) is 0.222. The molecule has 0 aliphatic carbocycles. The molecule has 8 nitrogen and oxygen atoms in total. The lowest BCUT2D eigenvalue weighted by molar-refractivity contribution is -0.385. The van der Waals surface area contributed by atoms with Gasteiger partial charge in [-0.25, -0.2) is 4.79 Å². The largest absolute Gasteiger partial charge is 0.368 e. The molecule has 0 bridgehead atoms. The van der Waals surface area contributed by atoms with Gasteiger partial charge in [-0.2, -0.15) is 9.36 Å². The van der Waals surface area contributed by atoms with Crippen molar-refractivity contribution in [1.29, 1.82) is 0 Å². The predicted octanol–water partition coefficient (Wildman–Crippen LogP) is 0.183. The van der Waals surface area contributed by atoms with Gasteiger partial charge < -0.3 is 0 Å². The van der Waals surface area contributed by atoms with Crippen molar-refractivity contribution in [3.63, 3.8) is 0 Å². The van der Waals surface area contributed by atoms with E-state index in [-0.39, 0.29) is 5.69 Å². The van der Waals surface area contributed by atoms with Gasteiger partial charge in [-0.15, -0.1) is 0 Å². The van der Waals surface area contributed by atoms with E-state index in [1.165, 1.54) is 19.2 Å². The standard InChI is InChI=1S/C9H9N5O3/c1-6-7(4-3-5-8(6)14(16)17)13-9(15)12(2)10-11-13/h3-5H,1-2H3. The number of nitrogens with zero attached hydrogens (tertiary/aromatic N) is 5. The maximum atomic E-state index is 11.6. The zero-order valence-corrected chi connectivity index (χ0v) is 9.19. The van der Waals surface area contributed by atoms with Gasteiger partial charge in [0.2, 0.25) is 0 Å². The van der Waals surface area contributed by atoms with Crippen LogP contribution in [0.3, 0.4) is 0 Å². The van der Waals surface area contributed by atoms with Gasteiger partial charge in [0, 0.05) is 13.1 Å². The van der Waals surface area contributed by atoms with Crippen LogP contribution in [0, 0.1) is 17.0 Å². The molecule has 17 heavy (non-hydrogen) atoms. The molecule has 0 N–H and O–H groups in total. The number of benzene rings is 1. The lowest BCUT2D eigenvalue weighted by Gasteiger charge is -2.03. The Balaban J connectivity index is 2.69. The highest BCUT2D eigenvalue weighted by atomic mass is 16.6. The van der Waals surface area contributed by atoms with Gasteiger partial charge in [0.05, 0.1) is 16.2 Å². The molecule has 8 heteroatoms. The maximum Gasteiger partial charge on any atom is 0.368 e. The molecule has 1 aromatic heterocycles. The number of nitro groups is 1. The van der Waals surface area contributed by atoms with E-state index in [0.29, 0.717) is 11.3 Å². The first-order valence-electron chi connectivity index (χ1n) is 4.75. The van der Waals surface area contributed by atoms with Crippen LogP contribution in [0.25, 0.3) is 5.69 Å². The zero-order valence-electron chi connectivity index (χ0n) is 9.19. The van der Waals surface area contributed by atoms with E-state index < -0.39 is 10.6 Å². The molecule has 0 atom stereocenters. The summed E-state index contributed by atoms with van der Waals surface area (Å²) in [5.41, 5.74) is 0.228. The van der Waals surface area contributed by atoms with Crippen molar-refractivity contribution in [2.24, 2.45) is 7.05 Å². The predicted molar refractivity (Wildman–Crippen MR) is 58.0 cm³/mol. The third-order valence-electron chi connectivity index (χ3n) is 2.42. The van der Waals surface area contributed by atoms with Crippen LogP contribution in [0.2, 0.25) is 0 Å². The fourth-order valence-corrected chi connectivity index (χ4v) is 1.50. The summed E-state index contributed by atoms with van der Waals surface area (Å²) < 4.78 is 2.08. The summed E-state index contributed by atoms with van der Waals surface area (Å²) in [5, 5.41) is 18.0. The van der Waals surface area contributed by atoms with E-state index in [9.17, 15) is 14.9 Å². The van der Waals surface area contributed by atoms with E-state index in [0.717, 1.165) is 9.36 Å². The van der Waals surface area contributed by atoms with E-state index in [2.05, 4.69) is 10.4 Å². The number of rotatable bonds is 2. The first-order valence-corrected chi connectivity index (χ1v) is 4.75. The van der Waals surface area contributed by atoms with Gasteiger partial charge in [0.1, 0.15) is 0 Å². The van der Waals surface area contributed by atoms with Crippen LogP contribution in [0.1, 0.15) is 5.56 Å². The summed E-state index contributed by atoms with van der Waals surface area (Å²) in [6, 6.07) is 4.46. The van der Waals surface area contributed by atoms with Gasteiger partial charge in [-0.1, -0.05) is 6.07 Å². The number of nitro benzene ring substituents is 1. The third kappa shape index (κ3) is 1.69. The summed E-state index contributed by atoms with van der Waals surface area (Å²) in [6.07, 6.45) is 0. The minimum absolute atomic E-state index is 0.0555. The molecule has 0 amide bonds. The van der Waals surface area contributed by atoms with E-state index >= 15 is 0 Å². The van der Waals surface area contributed by atoms with E-state index in [4.69, 9.17) is 0 Å². The molecule has 2 rings (SSSR count). The quantitative estimate of drug-likeness (QED) is 0.546. The Labute approximate surface area is 95.2 Å². The Hall–Kier alpha value is -2.51. The summed E-state index contributed by atoms with van der Waals surface area (Å²) >= 11 is 0. The molecule has 0 aliphatic heterocycles. The Morgan fingerprint density at radius 1 is 1.35 bits per heavy atom. The highest BCUT2D eigenvalue weighted by molar-refractivity contribution is 5.51. The zero-order chi connectivity index (χ0) is 12.6. The van der Waals surface area contributed by atoms with Gasteiger partial charge in [-0.05, 0) is 23.4 Å². The van der Waals surface area contributed by atoms with Gasteiger partial charge in [0.15, 0.2) is 0 Å². The molecular weight excluding hydrogens is 226 g/mol. The smallest absolute Gasteiger partial charge is 0.258 e. The number of tetrazole rings is 1. The van der Waals surface area contributed by atoms with Crippen LogP contribution in [0.5, 0.6) is 0 Å². The van der Waals surface area contributed by atoms with Crippen LogP contribution in [0.4, 0.5) is 5.69 Å². The lowest BCUT2D eigenvalue weighted by Crippen LogP contribution is -2.22. The minimum atomic E-state index is -0.500. The van der Waals surface area contributed by atoms with Crippen molar-refractivity contribution in [1.82, 2.24) is 19.8 Å². The highest BCUT2D eigenvalue weighted by Crippen LogP contribution is 2.22. The summed E-state index contributed by atoms with van der Waals surface area (Å²) in [7, 11) is 1.46. The molecule has 1 aromatic carbocycles. The average molecular weight is 235 g/mol. The van der Waals surface area contributed by atoms with Crippen molar-refractivity contribution in [3.8, 4) is 5.69 Å². The molecule has 0 aliphatic rings. The van der Waals surface area contributed by atoms with Crippen molar-refractivity contribution in [2.75, 3.05) is 0 Å². The second kappa shape index (κ2) is 3.81. The molecule has 2 aromatic rings. The van der Waals surface area contributed by atoms with Crippen LogP contribution in [-0.2, 0) is 7.05 Å². The topological polar surface area (TPSA) is 95.8 Å². The van der Waals surface area contributed by atoms with Gasteiger partial charge >= 0.3 is 5.69 Å². The number of hydrogen-bond donors (Lipinski definition) is 0. The van der Waals surface area contributed by atoms with Crippen LogP contribution < -0.4 is 5.69 Å². The summed E-state index contributed by atoms with van der Waals surface area (Å²) in [4.78, 5) is 21.9. The molecule has 88 valence electrons. The number of aryl methyl sites for hydroxylation is 1. The van der Waals surface area contributed by atoms with Crippen molar-refractivity contribution in [2.45, 2.75) is 6.92 Å². The monoisotopic (exact) mass is 235 g/mol. The van der Waals surface area contributed by atoms with Crippen LogP contribution >= 0.6 is 0 Å². The maximum absolute atomic E-state index is 11.6. The minimum Gasteiger partial charge on any atom is -0.258 e. The Kier molecular flexibility index (Phi) is 2.47. The van der Waals surface area contributed by atoms with Gasteiger partial charge in [0.25, 0.3) is 5.69 Å². The van der Waals surface area contributed by atoms with Gasteiger partial charge in [-0.3, -0.25) is 10.1 Å². The van der Waals surface area contributed by atoms with Crippen LogP contribution in [-0.4, -0.2) is 24.7 Å². The SMILES string of the molecule is Cc1c(-n2nnn(C)c2=O)cccc1[N+](=O)[O-]. The van der Waals surface area contributed by atoms with Crippen LogP contribution in [0.15, 0.2) is 23.0 Å². The second-order valence-electron chi connectivity index (χ2n) is 3.48. The second-order valence-corrected chi connectivity index (χ2v) is 3.48. The highest BCUT2D eigenvalue weighted by Gasteiger charge is 2.16. The van der Waals surface area contributed by atoms with Crippen molar-refractivity contribution in [3.05, 3.63) is 44.4 Å². The molecule has 0 spiro atoms. The number of aromatic nitrogens is 4. The Morgan fingerprint density at radius 3 is 2.59 bits per heavy atom. The average Bonchev–Trinajstić information content (AvgIpc) is 2.60. The molecule has 0 radical (unpaired) electrons. The lowest BCUT2D eigenvalue weighted by atomic mass is 10.1. The third-order valence-corrected chi connectivity index (χ3v) is 2.42. The normalized spacial score (nSPS) is 10.5. The Bertz CT molecular complexity index is 642. The molecule has 1 heterocycles. The Morgan fingerprint density at radius 2 is 2.06 bits per heavy atom. The molecule has 0 saturated carbocycles. The molecule has 0 unspecified atom stereocenters. The van der Waals surface area contributed by atoms with E-state index in [1.807, 2.05) is 0 Å². The summed E-state index contributed by atoms with van der Waals surface area (Å²) in [6.45, 7) is 1.56.